The normalized spacial score (nSPS) is 18.2. The third-order valence-corrected chi connectivity index (χ3v) is 6.79. The van der Waals surface area contributed by atoms with E-state index in [0.717, 1.165) is 34.3 Å². The second-order valence-corrected chi connectivity index (χ2v) is 9.66. The molecular weight excluding hydrogens is 484 g/mol. The molecule has 0 spiro atoms. The number of fused-ring (bicyclic) bond motifs is 2. The molecule has 3 heterocycles. The first-order valence-electron chi connectivity index (χ1n) is 12.8. The van der Waals surface area contributed by atoms with Crippen LogP contribution < -0.4 is 25.3 Å². The molecule has 1 aromatic heterocycles. The van der Waals surface area contributed by atoms with E-state index in [9.17, 15) is 4.79 Å². The summed E-state index contributed by atoms with van der Waals surface area (Å²) >= 11 is 0. The van der Waals surface area contributed by atoms with E-state index in [-0.39, 0.29) is 24.1 Å². The van der Waals surface area contributed by atoms with Gasteiger partial charge in [-0.1, -0.05) is 12.1 Å². The molecule has 38 heavy (non-hydrogen) atoms. The van der Waals surface area contributed by atoms with Crippen LogP contribution in [0.4, 0.5) is 0 Å². The van der Waals surface area contributed by atoms with Gasteiger partial charge in [-0.05, 0) is 67.4 Å². The van der Waals surface area contributed by atoms with Gasteiger partial charge in [0.2, 0.25) is 0 Å². The van der Waals surface area contributed by atoms with Crippen LogP contribution in [0, 0.1) is 0 Å². The summed E-state index contributed by atoms with van der Waals surface area (Å²) in [6, 6.07) is 18.8. The summed E-state index contributed by atoms with van der Waals surface area (Å²) in [5.41, 5.74) is 9.52. The van der Waals surface area contributed by atoms with Crippen LogP contribution in [0.15, 0.2) is 66.9 Å². The van der Waals surface area contributed by atoms with Crippen LogP contribution in [0.5, 0.6) is 17.2 Å². The first-order chi connectivity index (χ1) is 18.5. The van der Waals surface area contributed by atoms with Gasteiger partial charge in [-0.15, -0.1) is 0 Å². The molecule has 1 fully saturated rings. The number of carbonyl (C=O) groups is 1. The van der Waals surface area contributed by atoms with Crippen LogP contribution in [0.2, 0.25) is 0 Å². The maximum atomic E-state index is 12.7. The molecule has 196 valence electrons. The number of nitrogens with two attached hydrogens (primary N) is 1. The Hall–Kier alpha value is -4.08. The molecule has 0 saturated carbocycles. The van der Waals surface area contributed by atoms with Crippen molar-refractivity contribution in [2.45, 2.75) is 31.5 Å². The first kappa shape index (κ1) is 24.3. The third-order valence-electron chi connectivity index (χ3n) is 6.79. The van der Waals surface area contributed by atoms with E-state index in [1.807, 2.05) is 66.2 Å². The first-order valence-corrected chi connectivity index (χ1v) is 12.8. The molecule has 2 aliphatic heterocycles. The quantitative estimate of drug-likeness (QED) is 0.386. The number of benzene rings is 3. The molecule has 3 N–H and O–H groups in total. The summed E-state index contributed by atoms with van der Waals surface area (Å²) in [7, 11) is 0. The number of rotatable bonds is 7. The van der Waals surface area contributed by atoms with E-state index in [0.29, 0.717) is 43.5 Å². The van der Waals surface area contributed by atoms with Gasteiger partial charge in [0.25, 0.3) is 5.91 Å². The van der Waals surface area contributed by atoms with Crippen molar-refractivity contribution in [2.75, 3.05) is 26.4 Å². The van der Waals surface area contributed by atoms with Gasteiger partial charge in [0.15, 0.2) is 11.5 Å². The highest BCUT2D eigenvalue weighted by molar-refractivity contribution is 5.95. The van der Waals surface area contributed by atoms with E-state index in [2.05, 4.69) is 10.4 Å². The molecular formula is C29H30N4O5. The Kier molecular flexibility index (Phi) is 6.61. The maximum absolute atomic E-state index is 12.7. The molecule has 2 aliphatic rings. The van der Waals surface area contributed by atoms with Crippen LogP contribution >= 0.6 is 0 Å². The Labute approximate surface area is 220 Å². The number of nitrogens with zero attached hydrogens (tertiary/aromatic N) is 2. The largest absolute Gasteiger partial charge is 0.486 e. The lowest BCUT2D eigenvalue weighted by Crippen LogP contribution is -2.35. The van der Waals surface area contributed by atoms with Gasteiger partial charge < -0.3 is 30.0 Å². The summed E-state index contributed by atoms with van der Waals surface area (Å²) in [5, 5.41) is 8.53. The van der Waals surface area contributed by atoms with Gasteiger partial charge >= 0.3 is 0 Å². The Morgan fingerprint density at radius 3 is 2.76 bits per heavy atom. The smallest absolute Gasteiger partial charge is 0.251 e. The van der Waals surface area contributed by atoms with Crippen molar-refractivity contribution in [1.29, 1.82) is 0 Å². The average molecular weight is 515 g/mol. The highest BCUT2D eigenvalue weighted by atomic mass is 16.6. The van der Waals surface area contributed by atoms with E-state index >= 15 is 0 Å². The Bertz CT molecular complexity index is 1460. The lowest BCUT2D eigenvalue weighted by Gasteiger charge is -2.25. The van der Waals surface area contributed by atoms with E-state index in [4.69, 9.17) is 24.7 Å². The number of hydrogen-bond donors (Lipinski definition) is 2. The van der Waals surface area contributed by atoms with Crippen molar-refractivity contribution in [3.63, 3.8) is 0 Å². The predicted molar refractivity (Wildman–Crippen MR) is 142 cm³/mol. The highest BCUT2D eigenvalue weighted by Gasteiger charge is 2.23. The van der Waals surface area contributed by atoms with Gasteiger partial charge in [0, 0.05) is 23.6 Å². The Morgan fingerprint density at radius 1 is 1.08 bits per heavy atom. The van der Waals surface area contributed by atoms with Gasteiger partial charge in [0.1, 0.15) is 25.1 Å². The molecule has 1 amide bonds. The summed E-state index contributed by atoms with van der Waals surface area (Å²) in [5.74, 6) is 2.00. The monoisotopic (exact) mass is 514 g/mol. The van der Waals surface area contributed by atoms with Crippen LogP contribution in [-0.2, 0) is 4.74 Å². The minimum Gasteiger partial charge on any atom is -0.486 e. The standard InChI is InChI=1S/C29H30N4O5/c1-18(30)28(19-5-8-26-27(15-19)37-12-11-36-26)38-24-6-7-25-21(14-24)16-31-33(25)23-4-2-3-20(13-23)29(34)32-22-9-10-35-17-22/h2-8,13-16,18,22,28H,9-12,17,30H2,1H3,(H,32,34)/t18-,22+,28-/m0/s1. The van der Waals surface area contributed by atoms with Crippen molar-refractivity contribution in [2.24, 2.45) is 5.73 Å². The minimum atomic E-state index is -0.376. The molecule has 0 radical (unpaired) electrons. The second kappa shape index (κ2) is 10.4. The summed E-state index contributed by atoms with van der Waals surface area (Å²) in [6.45, 7) is 4.21. The number of aromatic nitrogens is 2. The van der Waals surface area contributed by atoms with Crippen molar-refractivity contribution in [1.82, 2.24) is 15.1 Å². The van der Waals surface area contributed by atoms with Gasteiger partial charge in [-0.25, -0.2) is 4.68 Å². The van der Waals surface area contributed by atoms with Crippen LogP contribution in [0.25, 0.3) is 16.6 Å². The van der Waals surface area contributed by atoms with E-state index in [1.165, 1.54) is 0 Å². The highest BCUT2D eigenvalue weighted by Crippen LogP contribution is 2.35. The summed E-state index contributed by atoms with van der Waals surface area (Å²) in [4.78, 5) is 12.7. The molecule has 9 heteroatoms. The third kappa shape index (κ3) is 4.90. The molecule has 3 aromatic carbocycles. The maximum Gasteiger partial charge on any atom is 0.251 e. The van der Waals surface area contributed by atoms with Crippen LogP contribution in [0.1, 0.15) is 35.4 Å². The number of nitrogens with one attached hydrogen (secondary N) is 1. The van der Waals surface area contributed by atoms with E-state index in [1.54, 1.807) is 12.3 Å². The van der Waals surface area contributed by atoms with Crippen LogP contribution in [-0.4, -0.2) is 54.2 Å². The van der Waals surface area contributed by atoms with Crippen molar-refractivity contribution >= 4 is 16.8 Å². The van der Waals surface area contributed by atoms with Gasteiger partial charge in [0.05, 0.1) is 30.0 Å². The van der Waals surface area contributed by atoms with Crippen molar-refractivity contribution < 1.29 is 23.7 Å². The average Bonchev–Trinajstić information content (AvgIpc) is 3.61. The SMILES string of the molecule is C[C@H](N)[C@H](Oc1ccc2c(cnn2-c2cccc(C(=O)N[C@@H]3CCOC3)c2)c1)c1ccc2c(c1)OCCO2. The van der Waals surface area contributed by atoms with Gasteiger partial charge in [-0.2, -0.15) is 5.10 Å². The number of ether oxygens (including phenoxy) is 4. The molecule has 9 nitrogen and oxygen atoms in total. The van der Waals surface area contributed by atoms with E-state index < -0.39 is 0 Å². The minimum absolute atomic E-state index is 0.0531. The molecule has 0 aliphatic carbocycles. The molecule has 4 aromatic rings. The lowest BCUT2D eigenvalue weighted by molar-refractivity contribution is 0.0930. The zero-order valence-corrected chi connectivity index (χ0v) is 21.1. The topological polar surface area (TPSA) is 110 Å². The zero-order chi connectivity index (χ0) is 26.1. The molecule has 1 saturated heterocycles. The second-order valence-electron chi connectivity index (χ2n) is 9.66. The molecule has 3 atom stereocenters. The predicted octanol–water partition coefficient (Wildman–Crippen LogP) is 3.78. The van der Waals surface area contributed by atoms with Crippen molar-refractivity contribution in [3.8, 4) is 22.9 Å². The van der Waals surface area contributed by atoms with Crippen molar-refractivity contribution in [3.05, 3.63) is 78.0 Å². The fourth-order valence-corrected chi connectivity index (χ4v) is 4.85. The summed E-state index contributed by atoms with van der Waals surface area (Å²) in [6.07, 6.45) is 2.24. The molecule has 0 bridgehead atoms. The molecule has 0 unspecified atom stereocenters. The fourth-order valence-electron chi connectivity index (χ4n) is 4.85. The number of carbonyl (C=O) groups excluding carboxylic acids is 1. The molecule has 6 rings (SSSR count). The lowest BCUT2D eigenvalue weighted by atomic mass is 10.0. The summed E-state index contributed by atoms with van der Waals surface area (Å²) < 4.78 is 24.9. The Balaban J connectivity index is 1.23. The van der Waals surface area contributed by atoms with Crippen LogP contribution in [0.3, 0.4) is 0 Å². The fraction of sp³-hybridized carbons (Fsp3) is 0.310. The zero-order valence-electron chi connectivity index (χ0n) is 21.1. The number of hydrogen-bond acceptors (Lipinski definition) is 7. The Morgan fingerprint density at radius 2 is 1.95 bits per heavy atom. The van der Waals surface area contributed by atoms with Gasteiger partial charge in [-0.3, -0.25) is 4.79 Å². The number of amides is 1.